The molecule has 476 valence electrons. The summed E-state index contributed by atoms with van der Waals surface area (Å²) in [6.07, 6.45) is 2.34. The van der Waals surface area contributed by atoms with Gasteiger partial charge in [0.1, 0.15) is 45.7 Å². The predicted molar refractivity (Wildman–Crippen MR) is 346 cm³/mol. The van der Waals surface area contributed by atoms with Crippen LogP contribution in [0.1, 0.15) is 126 Å². The molecule has 18 nitrogen and oxygen atoms in total. The maximum atomic E-state index is 14.4. The van der Waals surface area contributed by atoms with Crippen LogP contribution in [0.3, 0.4) is 0 Å². The largest absolute Gasteiger partial charge is 0.541 e. The van der Waals surface area contributed by atoms with Crippen LogP contribution in [-0.4, -0.2) is 152 Å². The van der Waals surface area contributed by atoms with E-state index in [-0.39, 0.29) is 94.7 Å². The number of carbonyl (C=O) groups is 5. The quantitative estimate of drug-likeness (QED) is 0.0908. The zero-order valence-corrected chi connectivity index (χ0v) is 56.0. The van der Waals surface area contributed by atoms with Crippen LogP contribution in [-0.2, 0) is 26.2 Å². The molecule has 2 saturated heterocycles. The van der Waals surface area contributed by atoms with Crippen molar-refractivity contribution < 1.29 is 51.1 Å². The molecule has 0 spiro atoms. The number of hydrogen-bond donors (Lipinski definition) is 1. The van der Waals surface area contributed by atoms with E-state index in [0.29, 0.717) is 114 Å². The molecular weight excluding hydrogens is 1170 g/mol. The Kier molecular flexibility index (Phi) is 20.1. The number of rotatable bonds is 16. The Morgan fingerprint density at radius 1 is 0.517 bits per heavy atom. The standard InChI is InChI=1S/C35H46FN5O5Si.C32H41FN4O4Si/c1-22(2)47(23(3)4,24(5)6)46-32-29-28(21-41(33(29)42)20-25-11-13-26(36)14-12-25)31(27-10-9-15-37-30(27)32)45-35(44)40-18-16-39(17-19-40)34(43)38(7)8;1-20(2)42(21(3)4,22(5)6)41-30-27-26(19-37(31(27)38)18-23-9-11-24(33)12-10-23)29(25-8-7-13-35-28(25)30)40-32(39)36-16-14-34-15-17-36/h9-15,22-24H,16-21H2,1-8H3;7-13,20-22,34H,14-19H2,1-6H3. The maximum absolute atomic E-state index is 14.4. The Morgan fingerprint density at radius 3 is 1.21 bits per heavy atom. The predicted octanol–water partition coefficient (Wildman–Crippen LogP) is 13.4. The van der Waals surface area contributed by atoms with Crippen molar-refractivity contribution in [1.82, 2.24) is 44.7 Å². The summed E-state index contributed by atoms with van der Waals surface area (Å²) >= 11 is 0. The lowest BCUT2D eigenvalue weighted by Crippen LogP contribution is -2.53. The highest BCUT2D eigenvalue weighted by atomic mass is 28.4. The summed E-state index contributed by atoms with van der Waals surface area (Å²) in [5.74, 6) is 0.420. The maximum Gasteiger partial charge on any atom is 0.415 e. The average molecular weight is 1260 g/mol. The molecule has 0 unspecified atom stereocenters. The second kappa shape index (κ2) is 27.2. The van der Waals surface area contributed by atoms with E-state index in [0.717, 1.165) is 11.1 Å². The Bertz CT molecular complexity index is 3550. The van der Waals surface area contributed by atoms with Gasteiger partial charge in [0.15, 0.2) is 0 Å². The zero-order valence-electron chi connectivity index (χ0n) is 54.0. The molecule has 6 amide bonds. The van der Waals surface area contributed by atoms with Gasteiger partial charge in [-0.15, -0.1) is 0 Å². The summed E-state index contributed by atoms with van der Waals surface area (Å²) in [7, 11) is -1.67. The molecule has 0 saturated carbocycles. The second-order valence-electron chi connectivity index (χ2n) is 25.9. The Hall–Kier alpha value is -7.70. The molecule has 0 radical (unpaired) electrons. The number of halogens is 2. The number of nitrogens with one attached hydrogen (secondary N) is 1. The van der Waals surface area contributed by atoms with Gasteiger partial charge in [0.25, 0.3) is 28.4 Å². The lowest BCUT2D eigenvalue weighted by Gasteiger charge is -2.42. The Balaban J connectivity index is 0.000000213. The number of benzene rings is 4. The summed E-state index contributed by atoms with van der Waals surface area (Å²) in [6, 6.07) is 19.5. The molecule has 10 rings (SSSR count). The molecule has 4 aliphatic heterocycles. The lowest BCUT2D eigenvalue weighted by molar-refractivity contribution is 0.0757. The molecular formula is C67H87F2N9O9Si2. The second-order valence-corrected chi connectivity index (χ2v) is 36.6. The van der Waals surface area contributed by atoms with Crippen molar-refractivity contribution in [3.05, 3.63) is 130 Å². The number of carbonyl (C=O) groups excluding carboxylic acids is 5. The molecule has 22 heteroatoms. The molecule has 6 heterocycles. The normalized spacial score (nSPS) is 15.5. The van der Waals surface area contributed by atoms with Gasteiger partial charge in [0.05, 0.1) is 24.2 Å². The summed E-state index contributed by atoms with van der Waals surface area (Å²) in [6.45, 7) is 31.2. The summed E-state index contributed by atoms with van der Waals surface area (Å²) in [4.78, 5) is 87.5. The van der Waals surface area contributed by atoms with Crippen molar-refractivity contribution in [1.29, 1.82) is 0 Å². The molecule has 6 aromatic rings. The van der Waals surface area contributed by atoms with Gasteiger partial charge < -0.3 is 53.0 Å². The number of fused-ring (bicyclic) bond motifs is 4. The van der Waals surface area contributed by atoms with Crippen molar-refractivity contribution >= 4 is 68.5 Å². The molecule has 0 bridgehead atoms. The topological polar surface area (TPSA) is 180 Å². The third-order valence-corrected chi connectivity index (χ3v) is 30.3. The number of amides is 6. The highest BCUT2D eigenvalue weighted by Gasteiger charge is 2.51. The average Bonchev–Trinajstić information content (AvgIpc) is 1.70. The zero-order chi connectivity index (χ0) is 64.4. The van der Waals surface area contributed by atoms with Crippen LogP contribution in [0.2, 0.25) is 33.2 Å². The first-order valence-corrected chi connectivity index (χ1v) is 35.5. The van der Waals surface area contributed by atoms with Crippen LogP contribution in [0, 0.1) is 11.6 Å². The summed E-state index contributed by atoms with van der Waals surface area (Å²) < 4.78 is 54.2. The minimum absolute atomic E-state index is 0.105. The van der Waals surface area contributed by atoms with Gasteiger partial charge in [-0.25, -0.2) is 23.2 Å². The van der Waals surface area contributed by atoms with Crippen LogP contribution in [0.4, 0.5) is 23.2 Å². The van der Waals surface area contributed by atoms with Gasteiger partial charge in [0, 0.05) is 114 Å². The minimum Gasteiger partial charge on any atom is -0.541 e. The van der Waals surface area contributed by atoms with Gasteiger partial charge >= 0.3 is 18.2 Å². The molecule has 0 aliphatic carbocycles. The van der Waals surface area contributed by atoms with Crippen LogP contribution in [0.15, 0.2) is 85.2 Å². The molecule has 2 aromatic heterocycles. The molecule has 89 heavy (non-hydrogen) atoms. The molecule has 2 fully saturated rings. The number of pyridine rings is 2. The summed E-state index contributed by atoms with van der Waals surface area (Å²) in [5.41, 5.74) is 6.05. The van der Waals surface area contributed by atoms with Crippen LogP contribution >= 0.6 is 0 Å². The Labute approximate surface area is 524 Å². The first-order chi connectivity index (χ1) is 42.3. The SMILES string of the molecule is CC(C)[Si](Oc1c2c(c(OC(=O)N3CCN(C(=O)N(C)C)CC3)c3cccnc13)CN(Cc1ccc(F)cc1)C2=O)(C(C)C)C(C)C.CC(C)[Si](Oc1c2c(c(OC(=O)N3CCNCC3)c3cccnc13)CN(Cc1ccc(F)cc1)C2=O)(C(C)C)C(C)C. The van der Waals surface area contributed by atoms with Gasteiger partial charge in [-0.1, -0.05) is 107 Å². The fraction of sp³-hybridized carbons (Fsp3) is 0.478. The number of nitrogens with zero attached hydrogens (tertiary/aromatic N) is 8. The van der Waals surface area contributed by atoms with Crippen molar-refractivity contribution in [3.8, 4) is 23.0 Å². The number of piperazine rings is 2. The highest BCUT2D eigenvalue weighted by Crippen LogP contribution is 2.52. The summed E-state index contributed by atoms with van der Waals surface area (Å²) in [5, 5.41) is 4.49. The van der Waals surface area contributed by atoms with Crippen molar-refractivity contribution in [2.24, 2.45) is 0 Å². The van der Waals surface area contributed by atoms with Crippen molar-refractivity contribution in [3.63, 3.8) is 0 Å². The molecule has 0 atom stereocenters. The molecule has 4 aliphatic rings. The lowest BCUT2D eigenvalue weighted by atomic mass is 10.0. The number of urea groups is 1. The van der Waals surface area contributed by atoms with E-state index in [4.69, 9.17) is 28.3 Å². The Morgan fingerprint density at radius 2 is 0.865 bits per heavy atom. The van der Waals surface area contributed by atoms with Crippen LogP contribution < -0.4 is 23.6 Å². The van der Waals surface area contributed by atoms with Crippen LogP contribution in [0.25, 0.3) is 21.8 Å². The van der Waals surface area contributed by atoms with E-state index in [2.05, 4.69) is 88.4 Å². The smallest absolute Gasteiger partial charge is 0.415 e. The number of hydrogen-bond acceptors (Lipinski definition) is 12. The first-order valence-electron chi connectivity index (χ1n) is 31.2. The van der Waals surface area contributed by atoms with Gasteiger partial charge in [-0.2, -0.15) is 0 Å². The van der Waals surface area contributed by atoms with E-state index in [9.17, 15) is 32.8 Å². The fourth-order valence-electron chi connectivity index (χ4n) is 14.1. The van der Waals surface area contributed by atoms with E-state index in [1.165, 1.54) is 29.2 Å². The van der Waals surface area contributed by atoms with E-state index in [1.807, 2.05) is 18.2 Å². The first kappa shape index (κ1) is 65.7. The number of aromatic nitrogens is 2. The molecule has 1 N–H and O–H groups in total. The third-order valence-electron chi connectivity index (χ3n) is 18.3. The molecule has 4 aromatic carbocycles. The van der Waals surface area contributed by atoms with Crippen molar-refractivity contribution in [2.45, 2.75) is 143 Å². The van der Waals surface area contributed by atoms with Gasteiger partial charge in [-0.05, 0) is 92.9 Å². The fourth-order valence-corrected chi connectivity index (χ4v) is 24.6. The van der Waals surface area contributed by atoms with Gasteiger partial charge in [0.2, 0.25) is 0 Å². The van der Waals surface area contributed by atoms with E-state index < -0.39 is 28.8 Å². The van der Waals surface area contributed by atoms with Gasteiger partial charge in [-0.3, -0.25) is 19.6 Å². The highest BCUT2D eigenvalue weighted by molar-refractivity contribution is 6.79. The van der Waals surface area contributed by atoms with E-state index >= 15 is 0 Å². The number of ether oxygens (including phenoxy) is 2. The van der Waals surface area contributed by atoms with Crippen LogP contribution in [0.5, 0.6) is 23.0 Å². The van der Waals surface area contributed by atoms with Crippen molar-refractivity contribution in [2.75, 3.05) is 66.5 Å². The minimum atomic E-state index is -2.56. The third kappa shape index (κ3) is 13.0. The monoisotopic (exact) mass is 1260 g/mol. The van der Waals surface area contributed by atoms with E-state index in [1.54, 1.807) is 81.3 Å².